The standard InChI is InChI=1S/C19H28N4O3/c1-6-23(12-18(25)22-19(4,13-20)14(2)3)11-17(24)21-15-7-9-16(26-5)10-8-15/h7-10,14H,6,11-12H2,1-5H3,(H,21,24)(H,22,25)/p+1/t19-/m1/s1. The molecule has 0 aromatic heterocycles. The number of anilines is 1. The Hall–Kier alpha value is -2.59. The van der Waals surface area contributed by atoms with Crippen molar-refractivity contribution in [2.75, 3.05) is 32.1 Å². The zero-order valence-electron chi connectivity index (χ0n) is 16.2. The second kappa shape index (κ2) is 9.78. The molecular formula is C19H29N4O3+. The van der Waals surface area contributed by atoms with Gasteiger partial charge in [-0.25, -0.2) is 0 Å². The number of quaternary nitrogens is 1. The van der Waals surface area contributed by atoms with E-state index >= 15 is 0 Å². The molecule has 3 N–H and O–H groups in total. The summed E-state index contributed by atoms with van der Waals surface area (Å²) in [6.07, 6.45) is 0. The van der Waals surface area contributed by atoms with Crippen molar-refractivity contribution in [3.8, 4) is 11.8 Å². The highest BCUT2D eigenvalue weighted by Crippen LogP contribution is 2.15. The molecule has 0 aliphatic carbocycles. The topological polar surface area (TPSA) is 95.7 Å². The van der Waals surface area contributed by atoms with Gasteiger partial charge in [0.2, 0.25) is 0 Å². The SMILES string of the molecule is CC[NH+](CC(=O)Nc1ccc(OC)cc1)CC(=O)N[C@](C)(C#N)C(C)C. The van der Waals surface area contributed by atoms with Crippen LogP contribution in [0.15, 0.2) is 24.3 Å². The number of rotatable bonds is 9. The first kappa shape index (κ1) is 21.5. The molecule has 7 nitrogen and oxygen atoms in total. The Balaban J connectivity index is 2.58. The van der Waals surface area contributed by atoms with Gasteiger partial charge >= 0.3 is 0 Å². The first-order valence-corrected chi connectivity index (χ1v) is 8.73. The van der Waals surface area contributed by atoms with Gasteiger partial charge in [-0.3, -0.25) is 9.59 Å². The first-order valence-electron chi connectivity index (χ1n) is 8.73. The largest absolute Gasteiger partial charge is 0.497 e. The van der Waals surface area contributed by atoms with Crippen LogP contribution in [0.4, 0.5) is 5.69 Å². The van der Waals surface area contributed by atoms with E-state index < -0.39 is 5.54 Å². The van der Waals surface area contributed by atoms with Crippen molar-refractivity contribution >= 4 is 17.5 Å². The van der Waals surface area contributed by atoms with Crippen LogP contribution in [0.5, 0.6) is 5.75 Å². The van der Waals surface area contributed by atoms with Gasteiger partial charge in [-0.2, -0.15) is 5.26 Å². The smallest absolute Gasteiger partial charge is 0.279 e. The molecule has 1 rings (SSSR count). The molecule has 1 aromatic rings. The van der Waals surface area contributed by atoms with Crippen LogP contribution in [0.25, 0.3) is 0 Å². The number of nitriles is 1. The van der Waals surface area contributed by atoms with E-state index in [1.807, 2.05) is 20.8 Å². The maximum Gasteiger partial charge on any atom is 0.279 e. The number of carbonyl (C=O) groups excluding carboxylic acids is 2. The molecule has 1 aromatic carbocycles. The summed E-state index contributed by atoms with van der Waals surface area (Å²) in [5.74, 6) is 0.287. The number of ether oxygens (including phenoxy) is 1. The second-order valence-electron chi connectivity index (χ2n) is 6.75. The molecule has 0 aliphatic heterocycles. The number of methoxy groups -OCH3 is 1. The normalized spacial score (nSPS) is 14.0. The summed E-state index contributed by atoms with van der Waals surface area (Å²) < 4.78 is 5.08. The minimum Gasteiger partial charge on any atom is -0.497 e. The van der Waals surface area contributed by atoms with Crippen LogP contribution >= 0.6 is 0 Å². The highest BCUT2D eigenvalue weighted by atomic mass is 16.5. The van der Waals surface area contributed by atoms with Crippen molar-refractivity contribution < 1.29 is 19.2 Å². The lowest BCUT2D eigenvalue weighted by atomic mass is 9.90. The van der Waals surface area contributed by atoms with Gasteiger partial charge in [0.25, 0.3) is 11.8 Å². The Bertz CT molecular complexity index is 652. The Morgan fingerprint density at radius 2 is 1.81 bits per heavy atom. The Morgan fingerprint density at radius 3 is 2.27 bits per heavy atom. The zero-order valence-corrected chi connectivity index (χ0v) is 16.2. The Kier molecular flexibility index (Phi) is 8.07. The number of nitrogens with zero attached hydrogens (tertiary/aromatic N) is 1. The van der Waals surface area contributed by atoms with Crippen LogP contribution in [0.2, 0.25) is 0 Å². The van der Waals surface area contributed by atoms with Gasteiger partial charge in [-0.1, -0.05) is 13.8 Å². The van der Waals surface area contributed by atoms with Crippen LogP contribution in [-0.2, 0) is 9.59 Å². The van der Waals surface area contributed by atoms with Gasteiger partial charge < -0.3 is 20.3 Å². The van der Waals surface area contributed by atoms with E-state index in [1.165, 1.54) is 0 Å². The lowest BCUT2D eigenvalue weighted by Gasteiger charge is -2.28. The molecule has 26 heavy (non-hydrogen) atoms. The number of amides is 2. The molecule has 2 atom stereocenters. The third-order valence-corrected chi connectivity index (χ3v) is 4.48. The summed E-state index contributed by atoms with van der Waals surface area (Å²) in [6, 6.07) is 9.20. The average Bonchev–Trinajstić information content (AvgIpc) is 2.61. The second-order valence-corrected chi connectivity index (χ2v) is 6.75. The monoisotopic (exact) mass is 361 g/mol. The van der Waals surface area contributed by atoms with Crippen molar-refractivity contribution in [2.24, 2.45) is 5.92 Å². The summed E-state index contributed by atoms with van der Waals surface area (Å²) in [6.45, 7) is 8.31. The quantitative estimate of drug-likeness (QED) is 0.600. The highest BCUT2D eigenvalue weighted by Gasteiger charge is 2.31. The summed E-state index contributed by atoms with van der Waals surface area (Å²) in [7, 11) is 1.58. The molecule has 0 spiro atoms. The van der Waals surface area contributed by atoms with Crippen LogP contribution in [0.3, 0.4) is 0 Å². The first-order chi connectivity index (χ1) is 12.2. The van der Waals surface area contributed by atoms with Crippen molar-refractivity contribution in [1.29, 1.82) is 5.26 Å². The van der Waals surface area contributed by atoms with E-state index in [1.54, 1.807) is 38.3 Å². The summed E-state index contributed by atoms with van der Waals surface area (Å²) in [5, 5.41) is 14.9. The Morgan fingerprint density at radius 1 is 1.23 bits per heavy atom. The van der Waals surface area contributed by atoms with E-state index in [0.717, 1.165) is 4.90 Å². The maximum absolute atomic E-state index is 12.3. The van der Waals surface area contributed by atoms with Crippen LogP contribution in [-0.4, -0.2) is 44.1 Å². The average molecular weight is 361 g/mol. The zero-order chi connectivity index (χ0) is 19.7. The highest BCUT2D eigenvalue weighted by molar-refractivity contribution is 5.91. The maximum atomic E-state index is 12.3. The molecule has 7 heteroatoms. The number of hydrogen-bond donors (Lipinski definition) is 3. The lowest BCUT2D eigenvalue weighted by Crippen LogP contribution is -3.14. The predicted molar refractivity (Wildman–Crippen MR) is 99.9 cm³/mol. The van der Waals surface area contributed by atoms with Crippen LogP contribution < -0.4 is 20.3 Å². The summed E-state index contributed by atoms with van der Waals surface area (Å²) >= 11 is 0. The van der Waals surface area contributed by atoms with Gasteiger partial charge in [0.15, 0.2) is 13.1 Å². The third kappa shape index (κ3) is 6.37. The Labute approximate surface area is 155 Å². The van der Waals surface area contributed by atoms with Gasteiger partial charge in [0.1, 0.15) is 11.3 Å². The van der Waals surface area contributed by atoms with Gasteiger partial charge in [-0.15, -0.1) is 0 Å². The fourth-order valence-corrected chi connectivity index (χ4v) is 2.28. The van der Waals surface area contributed by atoms with Crippen LogP contribution in [0, 0.1) is 17.2 Å². The molecule has 0 aliphatic rings. The van der Waals surface area contributed by atoms with Crippen molar-refractivity contribution in [2.45, 2.75) is 33.2 Å². The number of hydrogen-bond acceptors (Lipinski definition) is 4. The molecule has 0 saturated carbocycles. The fourth-order valence-electron chi connectivity index (χ4n) is 2.28. The predicted octanol–water partition coefficient (Wildman–Crippen LogP) is 0.593. The van der Waals surface area contributed by atoms with E-state index in [4.69, 9.17) is 4.74 Å². The van der Waals surface area contributed by atoms with Crippen molar-refractivity contribution in [1.82, 2.24) is 5.32 Å². The fraction of sp³-hybridized carbons (Fsp3) is 0.526. The van der Waals surface area contributed by atoms with Gasteiger partial charge in [0.05, 0.1) is 19.7 Å². The molecule has 2 amide bonds. The minimum absolute atomic E-state index is 0.0140. The number of likely N-dealkylation sites (N-methyl/N-ethyl adjacent to an activating group) is 1. The van der Waals surface area contributed by atoms with Crippen molar-refractivity contribution in [3.63, 3.8) is 0 Å². The minimum atomic E-state index is -0.915. The lowest BCUT2D eigenvalue weighted by molar-refractivity contribution is -0.881. The van der Waals surface area contributed by atoms with Crippen molar-refractivity contribution in [3.05, 3.63) is 24.3 Å². The van der Waals surface area contributed by atoms with E-state index in [-0.39, 0.29) is 30.8 Å². The molecule has 0 radical (unpaired) electrons. The van der Waals surface area contributed by atoms with E-state index in [9.17, 15) is 14.9 Å². The molecule has 1 unspecified atom stereocenters. The number of benzene rings is 1. The molecule has 0 heterocycles. The molecule has 142 valence electrons. The van der Waals surface area contributed by atoms with E-state index in [2.05, 4.69) is 16.7 Å². The summed E-state index contributed by atoms with van der Waals surface area (Å²) in [4.78, 5) is 25.3. The number of carbonyl (C=O) groups is 2. The van der Waals surface area contributed by atoms with Crippen LogP contribution in [0.1, 0.15) is 27.7 Å². The van der Waals surface area contributed by atoms with Gasteiger partial charge in [-0.05, 0) is 44.0 Å². The molecule has 0 fully saturated rings. The molecular weight excluding hydrogens is 332 g/mol. The number of nitrogens with one attached hydrogen (secondary N) is 3. The van der Waals surface area contributed by atoms with Gasteiger partial charge in [0, 0.05) is 5.69 Å². The summed E-state index contributed by atoms with van der Waals surface area (Å²) in [5.41, 5.74) is -0.242. The van der Waals surface area contributed by atoms with E-state index in [0.29, 0.717) is 18.0 Å². The molecule has 0 bridgehead atoms. The third-order valence-electron chi connectivity index (χ3n) is 4.48. The molecule has 0 saturated heterocycles.